The first-order valence-electron chi connectivity index (χ1n) is 15.0. The summed E-state index contributed by atoms with van der Waals surface area (Å²) in [6.07, 6.45) is 1.25. The molecule has 7 nitrogen and oxygen atoms in total. The van der Waals surface area contributed by atoms with Gasteiger partial charge in [0.1, 0.15) is 5.75 Å². The molecule has 0 aromatic heterocycles. The Hall–Kier alpha value is -3.94. The van der Waals surface area contributed by atoms with Crippen molar-refractivity contribution in [1.82, 2.24) is 4.90 Å². The number of anilines is 1. The highest BCUT2D eigenvalue weighted by molar-refractivity contribution is 6.07. The maximum atomic E-state index is 14.4. The lowest BCUT2D eigenvalue weighted by Crippen LogP contribution is -2.46. The second kappa shape index (κ2) is 12.3. The third kappa shape index (κ3) is 5.36. The van der Waals surface area contributed by atoms with Crippen LogP contribution in [0, 0.1) is 11.8 Å². The first kappa shape index (κ1) is 30.5. The summed E-state index contributed by atoms with van der Waals surface area (Å²) in [4.78, 5) is 31.8. The van der Waals surface area contributed by atoms with Gasteiger partial charge in [0.15, 0.2) is 5.60 Å². The SMILES string of the molecule is C=CCN1C(=O)[C@]2(O[C@H](CC(=O)N(CCO)Cc3ccccc3)[C@@H](C(C)(C)c3ccc(OC)cc3)[C@@H]2C)c2ccccc21. The number of aliphatic hydroxyl groups is 1. The fourth-order valence-electron chi connectivity index (χ4n) is 7.30. The Morgan fingerprint density at radius 2 is 1.77 bits per heavy atom. The average Bonchev–Trinajstić information content (AvgIpc) is 3.44. The minimum absolute atomic E-state index is 0.0834. The first-order chi connectivity index (χ1) is 20.7. The van der Waals surface area contributed by atoms with Crippen LogP contribution in [0.1, 0.15) is 43.9 Å². The maximum absolute atomic E-state index is 14.4. The number of ether oxygens (including phenoxy) is 2. The van der Waals surface area contributed by atoms with E-state index < -0.39 is 17.1 Å². The van der Waals surface area contributed by atoms with Gasteiger partial charge >= 0.3 is 0 Å². The predicted molar refractivity (Wildman–Crippen MR) is 168 cm³/mol. The van der Waals surface area contributed by atoms with Gasteiger partial charge in [-0.3, -0.25) is 9.59 Å². The van der Waals surface area contributed by atoms with Gasteiger partial charge in [0.2, 0.25) is 5.91 Å². The third-order valence-corrected chi connectivity index (χ3v) is 9.37. The van der Waals surface area contributed by atoms with Gasteiger partial charge in [-0.1, -0.05) is 87.5 Å². The summed E-state index contributed by atoms with van der Waals surface area (Å²) in [6, 6.07) is 25.5. The molecule has 4 atom stereocenters. The van der Waals surface area contributed by atoms with Crippen molar-refractivity contribution in [1.29, 1.82) is 0 Å². The fraction of sp³-hybridized carbons (Fsp3) is 0.389. The number of fused-ring (bicyclic) bond motifs is 2. The second-order valence-electron chi connectivity index (χ2n) is 12.1. The Balaban J connectivity index is 1.56. The molecule has 43 heavy (non-hydrogen) atoms. The van der Waals surface area contributed by atoms with E-state index in [1.165, 1.54) is 0 Å². The van der Waals surface area contributed by atoms with Crippen molar-refractivity contribution in [3.63, 3.8) is 0 Å². The van der Waals surface area contributed by atoms with E-state index in [2.05, 4.69) is 39.5 Å². The Morgan fingerprint density at radius 3 is 2.42 bits per heavy atom. The number of carbonyl (C=O) groups excluding carboxylic acids is 2. The first-order valence-corrected chi connectivity index (χ1v) is 15.0. The molecular formula is C36H42N2O5. The van der Waals surface area contributed by atoms with Crippen molar-refractivity contribution in [3.05, 3.63) is 108 Å². The van der Waals surface area contributed by atoms with Crippen LogP contribution in [0.15, 0.2) is 91.5 Å². The highest BCUT2D eigenvalue weighted by Gasteiger charge is 2.66. The predicted octanol–water partition coefficient (Wildman–Crippen LogP) is 5.46. The monoisotopic (exact) mass is 582 g/mol. The summed E-state index contributed by atoms with van der Waals surface area (Å²) in [5.41, 5.74) is 2.00. The maximum Gasteiger partial charge on any atom is 0.264 e. The molecule has 1 saturated heterocycles. The van der Waals surface area contributed by atoms with Crippen LogP contribution < -0.4 is 9.64 Å². The average molecular weight is 583 g/mol. The molecule has 0 aliphatic carbocycles. The van der Waals surface area contributed by atoms with E-state index in [1.54, 1.807) is 23.0 Å². The van der Waals surface area contributed by atoms with Crippen molar-refractivity contribution in [2.75, 3.05) is 31.7 Å². The Bertz CT molecular complexity index is 1450. The minimum Gasteiger partial charge on any atom is -0.497 e. The van der Waals surface area contributed by atoms with Crippen molar-refractivity contribution >= 4 is 17.5 Å². The fourth-order valence-corrected chi connectivity index (χ4v) is 7.30. The number of rotatable bonds is 11. The molecule has 1 fully saturated rings. The summed E-state index contributed by atoms with van der Waals surface area (Å²) in [5, 5.41) is 9.84. The number of aliphatic hydroxyl groups excluding tert-OH is 1. The lowest BCUT2D eigenvalue weighted by Gasteiger charge is -2.39. The van der Waals surface area contributed by atoms with Gasteiger partial charge in [0.05, 0.1) is 31.9 Å². The quantitative estimate of drug-likeness (QED) is 0.304. The summed E-state index contributed by atoms with van der Waals surface area (Å²) in [5.74, 6) is 0.0657. The molecule has 3 aromatic rings. The van der Waals surface area contributed by atoms with E-state index in [-0.39, 0.29) is 43.2 Å². The van der Waals surface area contributed by atoms with Crippen LogP contribution in [0.2, 0.25) is 0 Å². The molecule has 7 heteroatoms. The smallest absolute Gasteiger partial charge is 0.264 e. The molecule has 1 spiro atoms. The Morgan fingerprint density at radius 1 is 1.09 bits per heavy atom. The lowest BCUT2D eigenvalue weighted by molar-refractivity contribution is -0.150. The van der Waals surface area contributed by atoms with E-state index in [0.29, 0.717) is 13.1 Å². The van der Waals surface area contributed by atoms with Crippen LogP contribution in [0.5, 0.6) is 5.75 Å². The number of amides is 2. The van der Waals surface area contributed by atoms with Crippen LogP contribution in [0.4, 0.5) is 5.69 Å². The molecular weight excluding hydrogens is 540 g/mol. The lowest BCUT2D eigenvalue weighted by atomic mass is 9.63. The number of nitrogens with zero attached hydrogens (tertiary/aromatic N) is 2. The highest BCUT2D eigenvalue weighted by atomic mass is 16.5. The molecule has 0 saturated carbocycles. The summed E-state index contributed by atoms with van der Waals surface area (Å²) < 4.78 is 12.4. The van der Waals surface area contributed by atoms with E-state index in [0.717, 1.165) is 28.1 Å². The molecule has 2 amide bonds. The van der Waals surface area contributed by atoms with Crippen LogP contribution in [0.3, 0.4) is 0 Å². The normalized spacial score (nSPS) is 23.0. The molecule has 5 rings (SSSR count). The number of para-hydroxylation sites is 1. The molecule has 0 unspecified atom stereocenters. The van der Waals surface area contributed by atoms with E-state index in [4.69, 9.17) is 9.47 Å². The zero-order valence-electron chi connectivity index (χ0n) is 25.5. The zero-order valence-corrected chi connectivity index (χ0v) is 25.5. The van der Waals surface area contributed by atoms with Crippen molar-refractivity contribution < 1.29 is 24.2 Å². The number of benzene rings is 3. The van der Waals surface area contributed by atoms with Crippen LogP contribution >= 0.6 is 0 Å². The van der Waals surface area contributed by atoms with Gasteiger partial charge in [-0.25, -0.2) is 0 Å². The van der Waals surface area contributed by atoms with Crippen LogP contribution in [-0.4, -0.2) is 54.7 Å². The van der Waals surface area contributed by atoms with Gasteiger partial charge in [-0.2, -0.15) is 0 Å². The van der Waals surface area contributed by atoms with Gasteiger partial charge in [-0.05, 0) is 34.7 Å². The topological polar surface area (TPSA) is 79.3 Å². The molecule has 2 heterocycles. The number of hydrogen-bond acceptors (Lipinski definition) is 5. The van der Waals surface area contributed by atoms with Gasteiger partial charge in [0, 0.05) is 37.0 Å². The molecule has 1 N–H and O–H groups in total. The number of hydrogen-bond donors (Lipinski definition) is 1. The van der Waals surface area contributed by atoms with Gasteiger partial charge in [-0.15, -0.1) is 6.58 Å². The summed E-state index contributed by atoms with van der Waals surface area (Å²) in [7, 11) is 1.64. The van der Waals surface area contributed by atoms with Crippen molar-refractivity contribution in [2.45, 2.75) is 50.9 Å². The second-order valence-corrected chi connectivity index (χ2v) is 12.1. The zero-order chi connectivity index (χ0) is 30.8. The largest absolute Gasteiger partial charge is 0.497 e. The number of methoxy groups -OCH3 is 1. The Kier molecular flexibility index (Phi) is 8.76. The molecule has 0 bridgehead atoms. The molecule has 2 aliphatic rings. The minimum atomic E-state index is -1.24. The van der Waals surface area contributed by atoms with Crippen LogP contribution in [0.25, 0.3) is 0 Å². The molecule has 2 aliphatic heterocycles. The van der Waals surface area contributed by atoms with E-state index >= 15 is 0 Å². The highest BCUT2D eigenvalue weighted by Crippen LogP contribution is 2.59. The molecule has 3 aromatic carbocycles. The van der Waals surface area contributed by atoms with E-state index in [1.807, 2.05) is 66.7 Å². The van der Waals surface area contributed by atoms with Crippen molar-refractivity contribution in [3.8, 4) is 5.75 Å². The third-order valence-electron chi connectivity index (χ3n) is 9.37. The summed E-state index contributed by atoms with van der Waals surface area (Å²) >= 11 is 0. The molecule has 0 radical (unpaired) electrons. The summed E-state index contributed by atoms with van der Waals surface area (Å²) in [6.45, 7) is 11.1. The van der Waals surface area contributed by atoms with Crippen molar-refractivity contribution in [2.24, 2.45) is 11.8 Å². The van der Waals surface area contributed by atoms with Crippen LogP contribution in [-0.2, 0) is 31.9 Å². The molecule has 226 valence electrons. The van der Waals surface area contributed by atoms with E-state index in [9.17, 15) is 14.7 Å². The standard InChI is InChI=1S/C36H42N2O5/c1-6-20-38-30-15-11-10-14-29(30)36(34(38)41)25(2)33(35(3,4)27-16-18-28(42-5)19-17-27)31(43-36)23-32(40)37(21-22-39)24-26-12-8-7-9-13-26/h6-19,25,31,33,39H,1,20-24H2,2-5H3/t25-,31+,33-,36+/m0/s1. The van der Waals surface area contributed by atoms with Gasteiger partial charge in [0.25, 0.3) is 5.91 Å². The van der Waals surface area contributed by atoms with Gasteiger partial charge < -0.3 is 24.4 Å². The number of carbonyl (C=O) groups is 2. The Labute approximate surface area is 254 Å².